The molecule has 0 spiro atoms. The minimum Gasteiger partial charge on any atom is -0.481 e. The molecule has 0 atom stereocenters. The number of rotatable bonds is 6. The molecular weight excluding hydrogens is 252 g/mol. The number of aliphatic carboxylic acids is 1. The fourth-order valence-electron chi connectivity index (χ4n) is 0.983. The van der Waals surface area contributed by atoms with Crippen molar-refractivity contribution in [3.63, 3.8) is 0 Å². The number of aromatic nitrogens is 1. The van der Waals surface area contributed by atoms with E-state index in [1.807, 2.05) is 0 Å². The van der Waals surface area contributed by atoms with Gasteiger partial charge >= 0.3 is 5.97 Å². The fourth-order valence-corrected chi connectivity index (χ4v) is 3.21. The molecule has 0 aliphatic carbocycles. The number of sulfonamides is 1. The van der Waals surface area contributed by atoms with Crippen molar-refractivity contribution in [1.29, 1.82) is 0 Å². The molecule has 0 aromatic carbocycles. The van der Waals surface area contributed by atoms with Crippen LogP contribution in [0.3, 0.4) is 0 Å². The molecule has 0 amide bonds. The lowest BCUT2D eigenvalue weighted by Gasteiger charge is -2.02. The highest BCUT2D eigenvalue weighted by Crippen LogP contribution is 2.17. The summed E-state index contributed by atoms with van der Waals surface area (Å²) < 4.78 is 25.7. The summed E-state index contributed by atoms with van der Waals surface area (Å²) in [6.07, 6.45) is 1.51. The number of carbonyl (C=O) groups is 1. The third-order valence-electron chi connectivity index (χ3n) is 1.72. The third-order valence-corrected chi connectivity index (χ3v) is 4.56. The molecule has 16 heavy (non-hydrogen) atoms. The quantitative estimate of drug-likeness (QED) is 0.733. The number of nitrogens with zero attached hydrogens (tertiary/aromatic N) is 1. The minimum absolute atomic E-state index is 0.0514. The average molecular weight is 264 g/mol. The second-order valence-electron chi connectivity index (χ2n) is 3.09. The van der Waals surface area contributed by atoms with Gasteiger partial charge < -0.3 is 5.11 Å². The molecule has 8 heteroatoms. The summed E-state index contributed by atoms with van der Waals surface area (Å²) in [5, 5.41) is 9.05. The lowest BCUT2D eigenvalue weighted by Crippen LogP contribution is -2.24. The molecule has 6 nitrogen and oxygen atoms in total. The van der Waals surface area contributed by atoms with E-state index >= 15 is 0 Å². The Hall–Kier alpha value is -0.990. The van der Waals surface area contributed by atoms with Gasteiger partial charge in [0.15, 0.2) is 4.21 Å². The summed E-state index contributed by atoms with van der Waals surface area (Å²) in [6.45, 7) is 1.83. The largest absolute Gasteiger partial charge is 0.481 e. The van der Waals surface area contributed by atoms with Gasteiger partial charge in [-0.15, -0.1) is 11.3 Å². The van der Waals surface area contributed by atoms with E-state index in [2.05, 4.69) is 9.71 Å². The van der Waals surface area contributed by atoms with E-state index in [1.54, 1.807) is 6.92 Å². The van der Waals surface area contributed by atoms with Crippen LogP contribution < -0.4 is 4.72 Å². The van der Waals surface area contributed by atoms with Gasteiger partial charge in [-0.05, 0) is 13.3 Å². The number of carboxylic acid groups (broad SMARTS) is 1. The lowest BCUT2D eigenvalue weighted by atomic mass is 10.3. The first-order valence-electron chi connectivity index (χ1n) is 4.56. The van der Waals surface area contributed by atoms with Gasteiger partial charge in [-0.3, -0.25) is 4.79 Å². The van der Waals surface area contributed by atoms with Crippen molar-refractivity contribution in [1.82, 2.24) is 9.71 Å². The normalized spacial score (nSPS) is 11.6. The molecule has 1 aromatic rings. The Morgan fingerprint density at radius 1 is 1.62 bits per heavy atom. The second-order valence-corrected chi connectivity index (χ2v) is 6.32. The van der Waals surface area contributed by atoms with Gasteiger partial charge in [0.25, 0.3) is 10.0 Å². The zero-order valence-corrected chi connectivity index (χ0v) is 10.3. The number of nitrogens with one attached hydrogen (secondary N) is 1. The smallest absolute Gasteiger partial charge is 0.303 e. The van der Waals surface area contributed by atoms with Crippen molar-refractivity contribution in [2.45, 2.75) is 24.0 Å². The van der Waals surface area contributed by atoms with E-state index in [0.717, 1.165) is 11.3 Å². The summed E-state index contributed by atoms with van der Waals surface area (Å²) in [5.41, 5.74) is 0. The van der Waals surface area contributed by atoms with Gasteiger partial charge in [0.1, 0.15) is 0 Å². The zero-order chi connectivity index (χ0) is 12.2. The van der Waals surface area contributed by atoms with Crippen LogP contribution in [-0.4, -0.2) is 31.0 Å². The Labute approximate surface area is 97.4 Å². The van der Waals surface area contributed by atoms with Crippen LogP contribution in [0.25, 0.3) is 0 Å². The molecule has 0 aliphatic rings. The standard InChI is InChI=1S/C8H12N2O4S2/c1-6-9-5-8(15-6)16(13,14)10-4-2-3-7(11)12/h5,10H,2-4H2,1H3,(H,11,12). The summed E-state index contributed by atoms with van der Waals surface area (Å²) >= 11 is 1.08. The highest BCUT2D eigenvalue weighted by molar-refractivity contribution is 7.91. The molecule has 1 heterocycles. The number of hydrogen-bond acceptors (Lipinski definition) is 5. The average Bonchev–Trinajstić information content (AvgIpc) is 2.60. The number of carboxylic acids is 1. The van der Waals surface area contributed by atoms with E-state index in [0.29, 0.717) is 5.01 Å². The van der Waals surface area contributed by atoms with Crippen molar-refractivity contribution in [3.05, 3.63) is 11.2 Å². The number of hydrogen-bond donors (Lipinski definition) is 2. The molecule has 0 bridgehead atoms. The molecule has 0 saturated heterocycles. The monoisotopic (exact) mass is 264 g/mol. The Morgan fingerprint density at radius 2 is 2.31 bits per heavy atom. The van der Waals surface area contributed by atoms with Gasteiger partial charge in [-0.1, -0.05) is 0 Å². The maximum Gasteiger partial charge on any atom is 0.303 e. The van der Waals surface area contributed by atoms with Crippen LogP contribution >= 0.6 is 11.3 Å². The first-order chi connectivity index (χ1) is 7.42. The fraction of sp³-hybridized carbons (Fsp3) is 0.500. The highest BCUT2D eigenvalue weighted by atomic mass is 32.2. The first kappa shape index (κ1) is 13.1. The molecule has 0 aliphatic heterocycles. The molecule has 1 rings (SSSR count). The minimum atomic E-state index is -3.52. The molecule has 1 aromatic heterocycles. The predicted molar refractivity (Wildman–Crippen MR) is 58.9 cm³/mol. The van der Waals surface area contributed by atoms with Gasteiger partial charge in [0, 0.05) is 13.0 Å². The van der Waals surface area contributed by atoms with Crippen LogP contribution in [0.4, 0.5) is 0 Å². The predicted octanol–water partition coefficient (Wildman–Crippen LogP) is 0.595. The third kappa shape index (κ3) is 3.87. The SMILES string of the molecule is Cc1ncc(S(=O)(=O)NCCCC(=O)O)s1. The number of thiazole rings is 1. The van der Waals surface area contributed by atoms with Crippen molar-refractivity contribution in [2.75, 3.05) is 6.54 Å². The molecule has 90 valence electrons. The molecule has 2 N–H and O–H groups in total. The van der Waals surface area contributed by atoms with Crippen molar-refractivity contribution in [2.24, 2.45) is 0 Å². The van der Waals surface area contributed by atoms with Crippen molar-refractivity contribution >= 4 is 27.3 Å². The van der Waals surface area contributed by atoms with Crippen LogP contribution in [0.1, 0.15) is 17.8 Å². The van der Waals surface area contributed by atoms with E-state index in [9.17, 15) is 13.2 Å². The van der Waals surface area contributed by atoms with Gasteiger partial charge in [0.2, 0.25) is 0 Å². The van der Waals surface area contributed by atoms with Gasteiger partial charge in [-0.2, -0.15) is 0 Å². The number of aryl methyl sites for hydroxylation is 1. The van der Waals surface area contributed by atoms with E-state index in [-0.39, 0.29) is 23.6 Å². The summed E-state index contributed by atoms with van der Waals surface area (Å²) in [4.78, 5) is 14.1. The topological polar surface area (TPSA) is 96.4 Å². The van der Waals surface area contributed by atoms with Crippen LogP contribution in [0, 0.1) is 6.92 Å². The maximum atomic E-state index is 11.6. The Balaban J connectivity index is 2.50. The zero-order valence-electron chi connectivity index (χ0n) is 8.63. The van der Waals surface area contributed by atoms with E-state index < -0.39 is 16.0 Å². The van der Waals surface area contributed by atoms with Crippen LogP contribution in [-0.2, 0) is 14.8 Å². The summed E-state index contributed by atoms with van der Waals surface area (Å²) in [5.74, 6) is -0.937. The van der Waals surface area contributed by atoms with E-state index in [4.69, 9.17) is 5.11 Å². The lowest BCUT2D eigenvalue weighted by molar-refractivity contribution is -0.137. The second kappa shape index (κ2) is 5.37. The molecule has 0 radical (unpaired) electrons. The Kier molecular flexibility index (Phi) is 4.39. The van der Waals surface area contributed by atoms with Crippen LogP contribution in [0.15, 0.2) is 10.4 Å². The Morgan fingerprint density at radius 3 is 2.81 bits per heavy atom. The first-order valence-corrected chi connectivity index (χ1v) is 6.85. The van der Waals surface area contributed by atoms with Gasteiger partial charge in [-0.25, -0.2) is 18.1 Å². The Bertz CT molecular complexity index is 466. The highest BCUT2D eigenvalue weighted by Gasteiger charge is 2.16. The molecule has 0 saturated carbocycles. The maximum absolute atomic E-state index is 11.6. The molecule has 0 unspecified atom stereocenters. The van der Waals surface area contributed by atoms with Crippen molar-refractivity contribution < 1.29 is 18.3 Å². The summed E-state index contributed by atoms with van der Waals surface area (Å²) in [6, 6.07) is 0. The summed E-state index contributed by atoms with van der Waals surface area (Å²) in [7, 11) is -3.52. The molecule has 0 fully saturated rings. The van der Waals surface area contributed by atoms with Gasteiger partial charge in [0.05, 0.1) is 11.2 Å². The van der Waals surface area contributed by atoms with Crippen LogP contribution in [0.5, 0.6) is 0 Å². The van der Waals surface area contributed by atoms with E-state index in [1.165, 1.54) is 6.20 Å². The molecular formula is C8H12N2O4S2. The van der Waals surface area contributed by atoms with Crippen molar-refractivity contribution in [3.8, 4) is 0 Å². The van der Waals surface area contributed by atoms with Crippen LogP contribution in [0.2, 0.25) is 0 Å².